The van der Waals surface area contributed by atoms with Gasteiger partial charge in [0.1, 0.15) is 13.2 Å². The fraction of sp³-hybridized carbons (Fsp3) is 0.222. The number of benzene rings is 2. The van der Waals surface area contributed by atoms with Gasteiger partial charge >= 0.3 is 11.9 Å². The second-order valence-electron chi connectivity index (χ2n) is 5.25. The number of nitrogens with zero attached hydrogens (tertiary/aromatic N) is 1. The molecule has 0 radical (unpaired) electrons. The predicted octanol–water partition coefficient (Wildman–Crippen LogP) is 3.60. The van der Waals surface area contributed by atoms with Crippen molar-refractivity contribution in [2.75, 3.05) is 26.3 Å². The van der Waals surface area contributed by atoms with Crippen LogP contribution in [0.3, 0.4) is 0 Å². The van der Waals surface area contributed by atoms with Crippen LogP contribution in [0.5, 0.6) is 0 Å². The molecule has 0 saturated carbocycles. The third-order valence-corrected chi connectivity index (χ3v) is 4.63. The summed E-state index contributed by atoms with van der Waals surface area (Å²) in [5.41, 5.74) is 0.931. The van der Waals surface area contributed by atoms with Crippen LogP contribution < -0.4 is 0 Å². The minimum absolute atomic E-state index is 0.0334. The molecule has 0 aliphatic rings. The van der Waals surface area contributed by atoms with Gasteiger partial charge in [0.05, 0.1) is 24.2 Å². The first-order chi connectivity index (χ1) is 12.5. The van der Waals surface area contributed by atoms with Gasteiger partial charge in [-0.15, -0.1) is 0 Å². The topological polar surface area (TPSA) is 76.1 Å². The van der Waals surface area contributed by atoms with Gasteiger partial charge in [0.15, 0.2) is 0 Å². The molecule has 138 valence electrons. The second-order valence-corrected chi connectivity index (χ2v) is 7.74. The van der Waals surface area contributed by atoms with Crippen LogP contribution in [0.1, 0.15) is 20.7 Å². The molecule has 0 aromatic heterocycles. The lowest BCUT2D eigenvalue weighted by atomic mass is 10.2. The first-order valence-corrected chi connectivity index (χ1v) is 9.90. The Morgan fingerprint density at radius 2 is 1.27 bits per heavy atom. The van der Waals surface area contributed by atoms with E-state index in [1.54, 1.807) is 36.4 Å². The summed E-state index contributed by atoms with van der Waals surface area (Å²) in [6, 6.07) is 14.1. The number of rotatable bonds is 8. The highest BCUT2D eigenvalue weighted by atomic mass is 127. The van der Waals surface area contributed by atoms with Crippen LogP contribution >= 0.6 is 45.2 Å². The van der Waals surface area contributed by atoms with Gasteiger partial charge in [-0.25, -0.2) is 9.59 Å². The predicted molar refractivity (Wildman–Crippen MR) is 112 cm³/mol. The zero-order valence-corrected chi connectivity index (χ0v) is 18.0. The van der Waals surface area contributed by atoms with Crippen molar-refractivity contribution in [3.05, 3.63) is 66.8 Å². The smallest absolute Gasteiger partial charge is 0.338 e. The van der Waals surface area contributed by atoms with Gasteiger partial charge in [-0.1, -0.05) is 12.1 Å². The Bertz CT molecular complexity index is 705. The van der Waals surface area contributed by atoms with Crippen molar-refractivity contribution in [3.63, 3.8) is 0 Å². The number of esters is 2. The molecule has 2 aromatic rings. The summed E-state index contributed by atoms with van der Waals surface area (Å²) < 4.78 is 12.1. The van der Waals surface area contributed by atoms with E-state index in [-0.39, 0.29) is 26.3 Å². The van der Waals surface area contributed by atoms with Crippen LogP contribution in [-0.4, -0.2) is 48.5 Å². The van der Waals surface area contributed by atoms with Crippen LogP contribution in [-0.2, 0) is 9.47 Å². The van der Waals surface area contributed by atoms with Gasteiger partial charge in [-0.3, -0.25) is 0 Å². The summed E-state index contributed by atoms with van der Waals surface area (Å²) in [6.07, 6.45) is 0. The number of hydroxylamine groups is 2. The van der Waals surface area contributed by atoms with Gasteiger partial charge in [-0.2, -0.15) is 5.06 Å². The Labute approximate surface area is 178 Å². The molecule has 0 aliphatic carbocycles. The van der Waals surface area contributed by atoms with E-state index in [9.17, 15) is 14.8 Å². The third kappa shape index (κ3) is 7.17. The molecular formula is C18H17I2NO5. The molecule has 0 spiro atoms. The molecule has 0 atom stereocenters. The molecule has 0 unspecified atom stereocenters. The van der Waals surface area contributed by atoms with Crippen LogP contribution in [0, 0.1) is 7.14 Å². The van der Waals surface area contributed by atoms with E-state index in [1.165, 1.54) is 0 Å². The third-order valence-electron chi connectivity index (χ3n) is 3.29. The lowest BCUT2D eigenvalue weighted by Gasteiger charge is -2.15. The summed E-state index contributed by atoms with van der Waals surface area (Å²) in [6.45, 7) is 0.310. The fourth-order valence-corrected chi connectivity index (χ4v) is 3.08. The van der Waals surface area contributed by atoms with Gasteiger partial charge in [0, 0.05) is 7.14 Å². The second kappa shape index (κ2) is 10.8. The van der Waals surface area contributed by atoms with E-state index in [4.69, 9.17) is 9.47 Å². The van der Waals surface area contributed by atoms with E-state index in [0.717, 1.165) is 12.2 Å². The summed E-state index contributed by atoms with van der Waals surface area (Å²) in [4.78, 5) is 23.7. The molecule has 0 saturated heterocycles. The summed E-state index contributed by atoms with van der Waals surface area (Å²) in [7, 11) is 0. The molecule has 2 rings (SSSR count). The van der Waals surface area contributed by atoms with Crippen molar-refractivity contribution in [2.45, 2.75) is 0 Å². The minimum Gasteiger partial charge on any atom is -0.461 e. The molecule has 0 aliphatic heterocycles. The Kier molecular flexibility index (Phi) is 8.75. The Morgan fingerprint density at radius 3 is 1.65 bits per heavy atom. The van der Waals surface area contributed by atoms with Crippen LogP contribution in [0.25, 0.3) is 0 Å². The summed E-state index contributed by atoms with van der Waals surface area (Å²) >= 11 is 4.23. The van der Waals surface area contributed by atoms with E-state index < -0.39 is 11.9 Å². The number of ether oxygens (including phenoxy) is 2. The highest BCUT2D eigenvalue weighted by Crippen LogP contribution is 2.10. The maximum absolute atomic E-state index is 11.9. The lowest BCUT2D eigenvalue weighted by molar-refractivity contribution is -0.107. The van der Waals surface area contributed by atoms with E-state index in [0.29, 0.717) is 11.1 Å². The van der Waals surface area contributed by atoms with Crippen molar-refractivity contribution in [3.8, 4) is 0 Å². The van der Waals surface area contributed by atoms with Crippen LogP contribution in [0.2, 0.25) is 0 Å². The van der Waals surface area contributed by atoms with Crippen molar-refractivity contribution in [2.24, 2.45) is 0 Å². The maximum atomic E-state index is 11.9. The molecular weight excluding hydrogens is 564 g/mol. The van der Waals surface area contributed by atoms with Crippen LogP contribution in [0.15, 0.2) is 48.5 Å². The molecule has 1 N–H and O–H groups in total. The lowest BCUT2D eigenvalue weighted by Crippen LogP contribution is -2.29. The molecule has 0 amide bonds. The molecule has 0 fully saturated rings. The number of hydrogen-bond donors (Lipinski definition) is 1. The Morgan fingerprint density at radius 1 is 0.846 bits per heavy atom. The average Bonchev–Trinajstić information content (AvgIpc) is 2.61. The number of hydrogen-bond acceptors (Lipinski definition) is 6. The number of halogens is 2. The van der Waals surface area contributed by atoms with Crippen molar-refractivity contribution in [1.82, 2.24) is 5.06 Å². The first kappa shape index (κ1) is 21.1. The SMILES string of the molecule is O=C(OCCN(O)CCOC(=O)c1cccc(I)c1)c1cccc(I)c1. The maximum Gasteiger partial charge on any atom is 0.338 e. The van der Waals surface area contributed by atoms with Crippen LogP contribution in [0.4, 0.5) is 0 Å². The normalized spacial score (nSPS) is 10.6. The summed E-state index contributed by atoms with van der Waals surface area (Å²) in [5.74, 6) is -0.885. The Hall–Kier alpha value is -1.24. The quantitative estimate of drug-likeness (QED) is 0.292. The average molecular weight is 581 g/mol. The molecule has 26 heavy (non-hydrogen) atoms. The Balaban J connectivity index is 1.65. The van der Waals surface area contributed by atoms with E-state index in [2.05, 4.69) is 45.2 Å². The van der Waals surface area contributed by atoms with Gasteiger partial charge in [0.2, 0.25) is 0 Å². The van der Waals surface area contributed by atoms with Gasteiger partial charge < -0.3 is 14.7 Å². The zero-order valence-electron chi connectivity index (χ0n) is 13.7. The number of carbonyl (C=O) groups is 2. The van der Waals surface area contributed by atoms with Crippen molar-refractivity contribution in [1.29, 1.82) is 0 Å². The van der Waals surface area contributed by atoms with E-state index >= 15 is 0 Å². The number of carbonyl (C=O) groups excluding carboxylic acids is 2. The van der Waals surface area contributed by atoms with Gasteiger partial charge in [-0.05, 0) is 81.6 Å². The van der Waals surface area contributed by atoms with E-state index in [1.807, 2.05) is 12.1 Å². The largest absolute Gasteiger partial charge is 0.461 e. The fourth-order valence-electron chi connectivity index (χ4n) is 2.00. The highest BCUT2D eigenvalue weighted by Gasteiger charge is 2.10. The molecule has 6 nitrogen and oxygen atoms in total. The molecule has 2 aromatic carbocycles. The van der Waals surface area contributed by atoms with Gasteiger partial charge in [0.25, 0.3) is 0 Å². The minimum atomic E-state index is -0.443. The summed E-state index contributed by atoms with van der Waals surface area (Å²) in [5, 5.41) is 10.7. The molecule has 0 heterocycles. The van der Waals surface area contributed by atoms with Crippen molar-refractivity contribution < 1.29 is 24.3 Å². The molecule has 0 bridgehead atoms. The monoisotopic (exact) mass is 581 g/mol. The van der Waals surface area contributed by atoms with Crippen molar-refractivity contribution >= 4 is 57.1 Å². The molecule has 8 heteroatoms. The first-order valence-electron chi connectivity index (χ1n) is 7.75. The highest BCUT2D eigenvalue weighted by molar-refractivity contribution is 14.1. The standard InChI is InChI=1S/C18H17I2NO5/c19-15-5-1-3-13(11-15)17(22)25-9-7-21(24)8-10-26-18(23)14-4-2-6-16(20)12-14/h1-6,11-12,24H,7-10H2. The zero-order chi connectivity index (χ0) is 18.9.